The van der Waals surface area contributed by atoms with Gasteiger partial charge in [0.25, 0.3) is 0 Å². The van der Waals surface area contributed by atoms with Crippen molar-refractivity contribution >= 4 is 5.97 Å². The number of halogens is 1. The van der Waals surface area contributed by atoms with Gasteiger partial charge in [-0.2, -0.15) is 0 Å². The van der Waals surface area contributed by atoms with Crippen molar-refractivity contribution in [2.24, 2.45) is 5.92 Å². The first-order valence-electron chi connectivity index (χ1n) is 5.06. The molecule has 82 valence electrons. The number of hydrogen-bond acceptors (Lipinski definition) is 2. The Labute approximate surface area is 89.1 Å². The van der Waals surface area contributed by atoms with Crippen LogP contribution < -0.4 is 0 Å². The minimum Gasteiger partial charge on any atom is -0.462 e. The average molecular weight is 210 g/mol. The van der Waals surface area contributed by atoms with E-state index in [2.05, 4.69) is 0 Å². The largest absolute Gasteiger partial charge is 0.462 e. The van der Waals surface area contributed by atoms with E-state index in [1.165, 1.54) is 24.3 Å². The van der Waals surface area contributed by atoms with Crippen molar-refractivity contribution in [3.05, 3.63) is 35.6 Å². The molecule has 0 radical (unpaired) electrons. The second-order valence-corrected chi connectivity index (χ2v) is 3.62. The molecule has 1 atom stereocenters. The summed E-state index contributed by atoms with van der Waals surface area (Å²) in [5.74, 6) is -0.391. The van der Waals surface area contributed by atoms with E-state index in [9.17, 15) is 9.18 Å². The van der Waals surface area contributed by atoms with Crippen molar-refractivity contribution < 1.29 is 13.9 Å². The molecule has 2 nitrogen and oxygen atoms in total. The number of rotatable bonds is 4. The topological polar surface area (TPSA) is 26.3 Å². The van der Waals surface area contributed by atoms with Crippen molar-refractivity contribution in [1.29, 1.82) is 0 Å². The van der Waals surface area contributed by atoms with E-state index in [0.717, 1.165) is 6.42 Å². The summed E-state index contributed by atoms with van der Waals surface area (Å²) in [6, 6.07) is 5.35. The summed E-state index contributed by atoms with van der Waals surface area (Å²) in [7, 11) is 0. The molecule has 0 saturated carbocycles. The fourth-order valence-corrected chi connectivity index (χ4v) is 1.01. The molecular weight excluding hydrogens is 195 g/mol. The fourth-order valence-electron chi connectivity index (χ4n) is 1.01. The van der Waals surface area contributed by atoms with E-state index >= 15 is 0 Å². The third kappa shape index (κ3) is 3.70. The number of esters is 1. The molecule has 0 aliphatic rings. The Morgan fingerprint density at radius 3 is 2.53 bits per heavy atom. The molecule has 1 rings (SSSR count). The van der Waals surface area contributed by atoms with Crippen molar-refractivity contribution in [3.8, 4) is 0 Å². The van der Waals surface area contributed by atoms with E-state index in [1.807, 2.05) is 13.8 Å². The average Bonchev–Trinajstić information content (AvgIpc) is 2.26. The van der Waals surface area contributed by atoms with Crippen molar-refractivity contribution in [1.82, 2.24) is 0 Å². The molecule has 1 aromatic rings. The summed E-state index contributed by atoms with van der Waals surface area (Å²) in [5, 5.41) is 0. The molecule has 0 N–H and O–H groups in total. The van der Waals surface area contributed by atoms with Crippen LogP contribution in [0.15, 0.2) is 24.3 Å². The van der Waals surface area contributed by atoms with Crippen LogP contribution in [0.2, 0.25) is 0 Å². The molecule has 0 fully saturated rings. The number of hydrogen-bond donors (Lipinski definition) is 0. The predicted octanol–water partition coefficient (Wildman–Crippen LogP) is 3.03. The quantitative estimate of drug-likeness (QED) is 0.714. The van der Waals surface area contributed by atoms with Crippen LogP contribution >= 0.6 is 0 Å². The second-order valence-electron chi connectivity index (χ2n) is 3.62. The Hall–Kier alpha value is -1.38. The summed E-state index contributed by atoms with van der Waals surface area (Å²) >= 11 is 0. The van der Waals surface area contributed by atoms with Gasteiger partial charge in [-0.05, 0) is 30.2 Å². The predicted molar refractivity (Wildman–Crippen MR) is 56.1 cm³/mol. The molecule has 0 aliphatic heterocycles. The monoisotopic (exact) mass is 210 g/mol. The molecule has 0 bridgehead atoms. The maximum absolute atomic E-state index is 12.6. The van der Waals surface area contributed by atoms with E-state index in [4.69, 9.17) is 4.74 Å². The highest BCUT2D eigenvalue weighted by molar-refractivity contribution is 5.89. The lowest BCUT2D eigenvalue weighted by atomic mass is 10.1. The summed E-state index contributed by atoms with van der Waals surface area (Å²) in [5.41, 5.74) is 0.389. The van der Waals surface area contributed by atoms with E-state index in [-0.39, 0.29) is 5.82 Å². The van der Waals surface area contributed by atoms with Gasteiger partial charge >= 0.3 is 5.97 Å². The molecule has 1 unspecified atom stereocenters. The molecule has 0 saturated heterocycles. The summed E-state index contributed by atoms with van der Waals surface area (Å²) in [4.78, 5) is 11.4. The van der Waals surface area contributed by atoms with Crippen LogP contribution in [0.3, 0.4) is 0 Å². The van der Waals surface area contributed by atoms with Crippen LogP contribution in [0, 0.1) is 11.7 Å². The first kappa shape index (κ1) is 11.7. The van der Waals surface area contributed by atoms with Gasteiger partial charge in [-0.1, -0.05) is 20.3 Å². The third-order valence-electron chi connectivity index (χ3n) is 2.28. The van der Waals surface area contributed by atoms with Gasteiger partial charge in [0, 0.05) is 0 Å². The van der Waals surface area contributed by atoms with Gasteiger partial charge in [-0.3, -0.25) is 0 Å². The summed E-state index contributed by atoms with van der Waals surface area (Å²) < 4.78 is 17.6. The van der Waals surface area contributed by atoms with E-state index < -0.39 is 5.97 Å². The zero-order chi connectivity index (χ0) is 11.3. The van der Waals surface area contributed by atoms with Crippen LogP contribution in [-0.2, 0) is 4.74 Å². The van der Waals surface area contributed by atoms with E-state index in [1.54, 1.807) is 0 Å². The molecule has 0 aliphatic carbocycles. The Balaban J connectivity index is 2.50. The van der Waals surface area contributed by atoms with Gasteiger partial charge in [0.15, 0.2) is 0 Å². The molecule has 0 spiro atoms. The number of ether oxygens (including phenoxy) is 1. The first-order chi connectivity index (χ1) is 7.13. The van der Waals surface area contributed by atoms with Gasteiger partial charge in [0.05, 0.1) is 12.2 Å². The maximum atomic E-state index is 12.6. The lowest BCUT2D eigenvalue weighted by Gasteiger charge is -2.09. The van der Waals surface area contributed by atoms with Gasteiger partial charge in [0.2, 0.25) is 0 Å². The van der Waals surface area contributed by atoms with Gasteiger partial charge in [-0.25, -0.2) is 9.18 Å². The van der Waals surface area contributed by atoms with E-state index in [0.29, 0.717) is 18.1 Å². The Bertz CT molecular complexity index is 319. The highest BCUT2D eigenvalue weighted by Crippen LogP contribution is 2.07. The SMILES string of the molecule is CCC(C)COC(=O)c1ccc(F)cc1. The highest BCUT2D eigenvalue weighted by Gasteiger charge is 2.08. The van der Waals surface area contributed by atoms with Crippen LogP contribution in [0.1, 0.15) is 30.6 Å². The minimum absolute atomic E-state index is 0.353. The molecule has 3 heteroatoms. The zero-order valence-electron chi connectivity index (χ0n) is 9.00. The van der Waals surface area contributed by atoms with Crippen LogP contribution in [0.4, 0.5) is 4.39 Å². The molecule has 1 aromatic carbocycles. The standard InChI is InChI=1S/C12H15FO2/c1-3-9(2)8-15-12(14)10-4-6-11(13)7-5-10/h4-7,9H,3,8H2,1-2H3. The lowest BCUT2D eigenvalue weighted by molar-refractivity contribution is 0.0447. The third-order valence-corrected chi connectivity index (χ3v) is 2.28. The molecule has 0 amide bonds. The normalized spacial score (nSPS) is 12.2. The smallest absolute Gasteiger partial charge is 0.338 e. The first-order valence-corrected chi connectivity index (χ1v) is 5.06. The number of carbonyl (C=O) groups is 1. The van der Waals surface area contributed by atoms with Crippen molar-refractivity contribution in [2.75, 3.05) is 6.61 Å². The second kappa shape index (κ2) is 5.49. The molecule has 15 heavy (non-hydrogen) atoms. The lowest BCUT2D eigenvalue weighted by Crippen LogP contribution is -2.11. The van der Waals surface area contributed by atoms with Crippen molar-refractivity contribution in [3.63, 3.8) is 0 Å². The molecule has 0 heterocycles. The molecular formula is C12H15FO2. The minimum atomic E-state index is -0.393. The summed E-state index contributed by atoms with van der Waals surface area (Å²) in [6.45, 7) is 4.46. The van der Waals surface area contributed by atoms with Crippen LogP contribution in [-0.4, -0.2) is 12.6 Å². The van der Waals surface area contributed by atoms with Gasteiger partial charge in [-0.15, -0.1) is 0 Å². The van der Waals surface area contributed by atoms with Gasteiger partial charge in [0.1, 0.15) is 5.82 Å². The highest BCUT2D eigenvalue weighted by atomic mass is 19.1. The number of carbonyl (C=O) groups excluding carboxylic acids is 1. The maximum Gasteiger partial charge on any atom is 0.338 e. The van der Waals surface area contributed by atoms with Crippen LogP contribution in [0.25, 0.3) is 0 Å². The summed E-state index contributed by atoms with van der Waals surface area (Å²) in [6.07, 6.45) is 0.969. The molecule has 0 aromatic heterocycles. The Morgan fingerprint density at radius 2 is 2.00 bits per heavy atom. The Morgan fingerprint density at radius 1 is 1.40 bits per heavy atom. The van der Waals surface area contributed by atoms with Crippen LogP contribution in [0.5, 0.6) is 0 Å². The number of benzene rings is 1. The Kier molecular flexibility index (Phi) is 4.28. The van der Waals surface area contributed by atoms with Gasteiger partial charge < -0.3 is 4.74 Å². The zero-order valence-corrected chi connectivity index (χ0v) is 9.00. The fraction of sp³-hybridized carbons (Fsp3) is 0.417. The van der Waals surface area contributed by atoms with Crippen molar-refractivity contribution in [2.45, 2.75) is 20.3 Å².